The maximum atomic E-state index is 13.2. The van der Waals surface area contributed by atoms with E-state index >= 15 is 0 Å². The number of carbonyl (C=O) groups is 1. The summed E-state index contributed by atoms with van der Waals surface area (Å²) in [4.78, 5) is 42.8. The summed E-state index contributed by atoms with van der Waals surface area (Å²) in [6.45, 7) is 0.0499. The normalized spacial score (nSPS) is 11.1. The van der Waals surface area contributed by atoms with Crippen molar-refractivity contribution in [1.82, 2.24) is 18.7 Å². The number of carbonyl (C=O) groups excluding carboxylic acids is 1. The standard InChI is InChI=1S/C22H20ClN5O3S/c1-26-18-19(25-21(26)32-13-17(29)24-15-9-4-3-5-10-15)27(2)22(31)28(20(18)30)12-14-8-6-7-11-16(14)23/h3-11H,12-13H2,1-2H3,(H,24,29). The molecule has 0 bridgehead atoms. The number of anilines is 1. The quantitative estimate of drug-likeness (QED) is 0.438. The van der Waals surface area contributed by atoms with Crippen molar-refractivity contribution >= 4 is 46.1 Å². The molecule has 4 aromatic rings. The maximum absolute atomic E-state index is 13.2. The second-order valence-electron chi connectivity index (χ2n) is 7.15. The molecule has 0 unspecified atom stereocenters. The number of hydrogen-bond donors (Lipinski definition) is 1. The fourth-order valence-corrected chi connectivity index (χ4v) is 4.30. The number of fused-ring (bicyclic) bond motifs is 1. The van der Waals surface area contributed by atoms with Crippen LogP contribution >= 0.6 is 23.4 Å². The molecule has 0 fully saturated rings. The lowest BCUT2D eigenvalue weighted by molar-refractivity contribution is -0.113. The molecule has 0 atom stereocenters. The zero-order valence-corrected chi connectivity index (χ0v) is 19.0. The van der Waals surface area contributed by atoms with E-state index in [1.165, 1.54) is 16.3 Å². The van der Waals surface area contributed by atoms with E-state index in [4.69, 9.17) is 11.6 Å². The highest BCUT2D eigenvalue weighted by molar-refractivity contribution is 7.99. The Balaban J connectivity index is 1.64. The molecule has 2 aromatic carbocycles. The van der Waals surface area contributed by atoms with Gasteiger partial charge in [0.25, 0.3) is 5.56 Å². The van der Waals surface area contributed by atoms with Crippen LogP contribution in [-0.2, 0) is 25.4 Å². The Hall–Kier alpha value is -3.30. The van der Waals surface area contributed by atoms with Gasteiger partial charge in [-0.15, -0.1) is 0 Å². The summed E-state index contributed by atoms with van der Waals surface area (Å²) >= 11 is 7.41. The van der Waals surface area contributed by atoms with Crippen LogP contribution in [0.15, 0.2) is 69.3 Å². The third-order valence-corrected chi connectivity index (χ3v) is 6.39. The van der Waals surface area contributed by atoms with E-state index in [1.807, 2.05) is 18.2 Å². The molecule has 0 aliphatic carbocycles. The number of imidazole rings is 1. The number of para-hydroxylation sites is 1. The number of nitrogens with one attached hydrogen (secondary N) is 1. The minimum Gasteiger partial charge on any atom is -0.325 e. The van der Waals surface area contributed by atoms with Crippen molar-refractivity contribution in [3.63, 3.8) is 0 Å². The maximum Gasteiger partial charge on any atom is 0.332 e. The first kappa shape index (κ1) is 21.9. The minimum absolute atomic E-state index is 0.0499. The van der Waals surface area contributed by atoms with E-state index in [0.29, 0.717) is 21.4 Å². The molecule has 164 valence electrons. The zero-order chi connectivity index (χ0) is 22.8. The summed E-state index contributed by atoms with van der Waals surface area (Å²) in [5, 5.41) is 3.75. The number of rotatable bonds is 6. The average molecular weight is 470 g/mol. The van der Waals surface area contributed by atoms with Gasteiger partial charge in [-0.25, -0.2) is 9.78 Å². The summed E-state index contributed by atoms with van der Waals surface area (Å²) in [6.07, 6.45) is 0. The molecule has 0 aliphatic rings. The number of nitrogens with zero attached hydrogens (tertiary/aromatic N) is 4. The van der Waals surface area contributed by atoms with Crippen molar-refractivity contribution in [1.29, 1.82) is 0 Å². The lowest BCUT2D eigenvalue weighted by Gasteiger charge is -2.09. The fraction of sp³-hybridized carbons (Fsp3) is 0.182. The largest absolute Gasteiger partial charge is 0.332 e. The first-order valence-electron chi connectivity index (χ1n) is 9.74. The van der Waals surface area contributed by atoms with Gasteiger partial charge in [-0.3, -0.25) is 18.7 Å². The van der Waals surface area contributed by atoms with Crippen molar-refractivity contribution in [3.8, 4) is 0 Å². The van der Waals surface area contributed by atoms with E-state index in [9.17, 15) is 14.4 Å². The predicted octanol–water partition coefficient (Wildman–Crippen LogP) is 2.87. The molecule has 10 heteroatoms. The third kappa shape index (κ3) is 4.21. The summed E-state index contributed by atoms with van der Waals surface area (Å²) in [7, 11) is 3.26. The van der Waals surface area contributed by atoms with Gasteiger partial charge < -0.3 is 9.88 Å². The van der Waals surface area contributed by atoms with E-state index in [0.717, 1.165) is 4.57 Å². The number of benzene rings is 2. The number of amides is 1. The number of hydrogen-bond acceptors (Lipinski definition) is 5. The Bertz CT molecular complexity index is 1430. The van der Waals surface area contributed by atoms with Crippen molar-refractivity contribution < 1.29 is 4.79 Å². The van der Waals surface area contributed by atoms with Crippen LogP contribution in [0.4, 0.5) is 5.69 Å². The number of halogens is 1. The van der Waals surface area contributed by atoms with Crippen LogP contribution in [0.25, 0.3) is 11.2 Å². The second kappa shape index (κ2) is 9.05. The molecule has 0 saturated carbocycles. The molecule has 2 aromatic heterocycles. The fourth-order valence-electron chi connectivity index (χ4n) is 3.34. The minimum atomic E-state index is -0.487. The monoisotopic (exact) mass is 469 g/mol. The number of aryl methyl sites for hydroxylation is 2. The highest BCUT2D eigenvalue weighted by Gasteiger charge is 2.20. The van der Waals surface area contributed by atoms with E-state index in [2.05, 4.69) is 10.3 Å². The Morgan fingerprint density at radius 2 is 1.72 bits per heavy atom. The van der Waals surface area contributed by atoms with Gasteiger partial charge in [0.15, 0.2) is 16.3 Å². The van der Waals surface area contributed by atoms with Gasteiger partial charge in [-0.05, 0) is 23.8 Å². The number of thioether (sulfide) groups is 1. The Morgan fingerprint density at radius 3 is 2.44 bits per heavy atom. The molecule has 0 spiro atoms. The Kier molecular flexibility index (Phi) is 6.20. The van der Waals surface area contributed by atoms with Crippen molar-refractivity contribution in [2.45, 2.75) is 11.7 Å². The zero-order valence-electron chi connectivity index (χ0n) is 17.4. The molecule has 8 nitrogen and oxygen atoms in total. The van der Waals surface area contributed by atoms with Crippen molar-refractivity contribution in [3.05, 3.63) is 86.0 Å². The Labute approximate surface area is 192 Å². The molecular weight excluding hydrogens is 450 g/mol. The van der Waals surface area contributed by atoms with Gasteiger partial charge in [-0.2, -0.15) is 0 Å². The third-order valence-electron chi connectivity index (χ3n) is 5.00. The van der Waals surface area contributed by atoms with Crippen molar-refractivity contribution in [2.24, 2.45) is 14.1 Å². The summed E-state index contributed by atoms with van der Waals surface area (Å²) in [5.74, 6) is -0.0911. The van der Waals surface area contributed by atoms with Crippen LogP contribution in [0.5, 0.6) is 0 Å². The van der Waals surface area contributed by atoms with Gasteiger partial charge in [0.1, 0.15) is 0 Å². The van der Waals surface area contributed by atoms with Gasteiger partial charge in [0.05, 0.1) is 12.3 Å². The SMILES string of the molecule is Cn1c(SCC(=O)Nc2ccccc2)nc2c1c(=O)n(Cc1ccccc1Cl)c(=O)n2C. The van der Waals surface area contributed by atoms with Crippen molar-refractivity contribution in [2.75, 3.05) is 11.1 Å². The summed E-state index contributed by atoms with van der Waals surface area (Å²) < 4.78 is 4.09. The Morgan fingerprint density at radius 1 is 1.03 bits per heavy atom. The predicted molar refractivity (Wildman–Crippen MR) is 127 cm³/mol. The van der Waals surface area contributed by atoms with Gasteiger partial charge in [-0.1, -0.05) is 59.8 Å². The van der Waals surface area contributed by atoms with Crippen LogP contribution in [0.3, 0.4) is 0 Å². The first-order chi connectivity index (χ1) is 15.4. The molecule has 0 radical (unpaired) electrons. The lowest BCUT2D eigenvalue weighted by atomic mass is 10.2. The van der Waals surface area contributed by atoms with Gasteiger partial charge in [0, 0.05) is 24.8 Å². The molecule has 1 N–H and O–H groups in total. The molecule has 1 amide bonds. The van der Waals surface area contributed by atoms with Gasteiger partial charge in [0.2, 0.25) is 5.91 Å². The average Bonchev–Trinajstić information content (AvgIpc) is 3.12. The van der Waals surface area contributed by atoms with Crippen LogP contribution in [0.2, 0.25) is 5.02 Å². The van der Waals surface area contributed by atoms with Gasteiger partial charge >= 0.3 is 5.69 Å². The molecule has 32 heavy (non-hydrogen) atoms. The molecule has 0 aliphatic heterocycles. The molecule has 2 heterocycles. The van der Waals surface area contributed by atoms with E-state index < -0.39 is 11.2 Å². The van der Waals surface area contributed by atoms with Crippen LogP contribution in [0, 0.1) is 0 Å². The summed E-state index contributed by atoms with van der Waals surface area (Å²) in [6, 6.07) is 16.2. The smallest absolute Gasteiger partial charge is 0.325 e. The molecular formula is C22H20ClN5O3S. The highest BCUT2D eigenvalue weighted by Crippen LogP contribution is 2.21. The molecule has 0 saturated heterocycles. The molecule has 4 rings (SSSR count). The van der Waals surface area contributed by atoms with E-state index in [-0.39, 0.29) is 29.4 Å². The van der Waals surface area contributed by atoms with E-state index in [1.54, 1.807) is 55.1 Å². The van der Waals surface area contributed by atoms with Crippen LogP contribution < -0.4 is 16.6 Å². The topological polar surface area (TPSA) is 90.9 Å². The summed E-state index contributed by atoms with van der Waals surface area (Å²) in [5.41, 5.74) is 0.974. The van der Waals surface area contributed by atoms with Crippen LogP contribution in [-0.4, -0.2) is 30.3 Å². The second-order valence-corrected chi connectivity index (χ2v) is 8.50. The van der Waals surface area contributed by atoms with Crippen LogP contribution in [0.1, 0.15) is 5.56 Å². The lowest BCUT2D eigenvalue weighted by Crippen LogP contribution is -2.39. The number of aromatic nitrogens is 4. The highest BCUT2D eigenvalue weighted by atomic mass is 35.5. The first-order valence-corrected chi connectivity index (χ1v) is 11.1.